The van der Waals surface area contributed by atoms with Gasteiger partial charge >= 0.3 is 5.97 Å². The van der Waals surface area contributed by atoms with Crippen LogP contribution in [0.2, 0.25) is 0 Å². The zero-order valence-electron chi connectivity index (χ0n) is 18.1. The Balaban J connectivity index is 0.000000287. The summed E-state index contributed by atoms with van der Waals surface area (Å²) in [5.41, 5.74) is 2.37. The Morgan fingerprint density at radius 3 is 2.55 bits per heavy atom. The third kappa shape index (κ3) is 5.46. The summed E-state index contributed by atoms with van der Waals surface area (Å²) in [6, 6.07) is 9.09. The molecule has 1 fully saturated rings. The van der Waals surface area contributed by atoms with E-state index in [1.54, 1.807) is 47.1 Å². The number of benzene rings is 1. The lowest BCUT2D eigenvalue weighted by Crippen LogP contribution is -2.26. The molecular formula is C23H28N4O4. The molecule has 164 valence electrons. The molecule has 1 aliphatic carbocycles. The van der Waals surface area contributed by atoms with Gasteiger partial charge in [-0.2, -0.15) is 0 Å². The third-order valence-electron chi connectivity index (χ3n) is 5.47. The summed E-state index contributed by atoms with van der Waals surface area (Å²) >= 11 is 0. The molecule has 0 atom stereocenters. The number of methoxy groups -OCH3 is 2. The maximum absolute atomic E-state index is 11.6. The fourth-order valence-corrected chi connectivity index (χ4v) is 3.68. The monoisotopic (exact) mass is 424 g/mol. The molecule has 1 aromatic carbocycles. The van der Waals surface area contributed by atoms with Crippen molar-refractivity contribution in [2.75, 3.05) is 21.3 Å². The minimum Gasteiger partial charge on any atom is -0.497 e. The van der Waals surface area contributed by atoms with Crippen LogP contribution in [0.3, 0.4) is 0 Å². The Kier molecular flexibility index (Phi) is 7.72. The molecule has 0 bridgehead atoms. The smallest absolute Gasteiger partial charge is 0.338 e. The molecule has 0 saturated heterocycles. The molecule has 1 aliphatic rings. The molecule has 2 heterocycles. The fourth-order valence-electron chi connectivity index (χ4n) is 3.68. The Morgan fingerprint density at radius 2 is 1.94 bits per heavy atom. The van der Waals surface area contributed by atoms with E-state index < -0.39 is 5.97 Å². The number of nitroso groups, excluding NO2 is 1. The molecule has 0 amide bonds. The Morgan fingerprint density at radius 1 is 1.16 bits per heavy atom. The van der Waals surface area contributed by atoms with Crippen LogP contribution in [0.25, 0.3) is 16.9 Å². The molecule has 31 heavy (non-hydrogen) atoms. The number of hydrogen-bond donors (Lipinski definition) is 1. The maximum Gasteiger partial charge on any atom is 0.338 e. The minimum absolute atomic E-state index is 0.237. The van der Waals surface area contributed by atoms with Crippen molar-refractivity contribution in [2.24, 2.45) is 5.18 Å². The number of nitrogens with one attached hydrogen (secondary N) is 1. The van der Waals surface area contributed by atoms with Crippen molar-refractivity contribution < 1.29 is 14.3 Å². The number of carbonyl (C=O) groups excluding carboxylic acids is 1. The highest BCUT2D eigenvalue weighted by atomic mass is 16.5. The number of hydrogen-bond acceptors (Lipinski definition) is 7. The number of aromatic nitrogens is 2. The van der Waals surface area contributed by atoms with Crippen molar-refractivity contribution in [1.29, 1.82) is 0 Å². The van der Waals surface area contributed by atoms with Gasteiger partial charge in [0.2, 0.25) is 0 Å². The van der Waals surface area contributed by atoms with E-state index in [0.29, 0.717) is 28.2 Å². The van der Waals surface area contributed by atoms with Crippen LogP contribution in [0.5, 0.6) is 5.75 Å². The highest BCUT2D eigenvalue weighted by Gasteiger charge is 2.13. The van der Waals surface area contributed by atoms with Crippen LogP contribution in [0.15, 0.2) is 47.9 Å². The second-order valence-corrected chi connectivity index (χ2v) is 7.40. The summed E-state index contributed by atoms with van der Waals surface area (Å²) in [6.45, 7) is 0. The second-order valence-electron chi connectivity index (χ2n) is 7.40. The van der Waals surface area contributed by atoms with Gasteiger partial charge in [-0.25, -0.2) is 9.78 Å². The predicted molar refractivity (Wildman–Crippen MR) is 120 cm³/mol. The predicted octanol–water partition coefficient (Wildman–Crippen LogP) is 4.73. The van der Waals surface area contributed by atoms with Crippen LogP contribution in [0.4, 0.5) is 5.69 Å². The van der Waals surface area contributed by atoms with Crippen LogP contribution in [0, 0.1) is 4.91 Å². The van der Waals surface area contributed by atoms with Crippen molar-refractivity contribution >= 4 is 17.3 Å². The summed E-state index contributed by atoms with van der Waals surface area (Å²) in [4.78, 5) is 27.1. The van der Waals surface area contributed by atoms with E-state index >= 15 is 0 Å². The van der Waals surface area contributed by atoms with Crippen LogP contribution in [0.1, 0.15) is 42.5 Å². The first kappa shape index (κ1) is 22.4. The summed E-state index contributed by atoms with van der Waals surface area (Å²) in [6.07, 6.45) is 10.6. The first-order valence-electron chi connectivity index (χ1n) is 10.4. The van der Waals surface area contributed by atoms with Crippen molar-refractivity contribution in [3.05, 3.63) is 53.2 Å². The van der Waals surface area contributed by atoms with Gasteiger partial charge in [-0.3, -0.25) is 0 Å². The van der Waals surface area contributed by atoms with E-state index in [4.69, 9.17) is 9.47 Å². The second kappa shape index (κ2) is 10.7. The highest BCUT2D eigenvalue weighted by molar-refractivity contribution is 5.90. The average Bonchev–Trinajstić information content (AvgIpc) is 3.27. The maximum atomic E-state index is 11.6. The molecule has 8 nitrogen and oxygen atoms in total. The number of pyridine rings is 1. The summed E-state index contributed by atoms with van der Waals surface area (Å²) in [5.74, 6) is 0.108. The van der Waals surface area contributed by atoms with Gasteiger partial charge in [0.15, 0.2) is 0 Å². The first-order chi connectivity index (χ1) is 15.1. The lowest BCUT2D eigenvalue weighted by Gasteiger charge is -2.20. The normalized spacial score (nSPS) is 13.9. The number of fused-ring (bicyclic) bond motifs is 1. The molecule has 8 heteroatoms. The SMILES string of the molecule is CNC1CCCCC1.COC(=O)c1ccn2cc(-c3ccc(OC)cc3N=O)nc2c1. The quantitative estimate of drug-likeness (QED) is 0.470. The summed E-state index contributed by atoms with van der Waals surface area (Å²) in [5, 5.41) is 6.34. The molecule has 0 radical (unpaired) electrons. The van der Waals surface area contributed by atoms with E-state index in [-0.39, 0.29) is 5.69 Å². The van der Waals surface area contributed by atoms with E-state index in [1.807, 2.05) is 0 Å². The van der Waals surface area contributed by atoms with Gasteiger partial charge in [0.05, 0.1) is 25.5 Å². The van der Waals surface area contributed by atoms with Gasteiger partial charge in [-0.05, 0) is 49.3 Å². The average molecular weight is 425 g/mol. The van der Waals surface area contributed by atoms with Crippen molar-refractivity contribution in [1.82, 2.24) is 14.7 Å². The molecule has 0 aliphatic heterocycles. The van der Waals surface area contributed by atoms with E-state index in [1.165, 1.54) is 46.3 Å². The van der Waals surface area contributed by atoms with Crippen molar-refractivity contribution in [3.8, 4) is 17.0 Å². The molecule has 0 unspecified atom stereocenters. The van der Waals surface area contributed by atoms with Crippen LogP contribution < -0.4 is 10.1 Å². The topological polar surface area (TPSA) is 94.3 Å². The molecule has 1 saturated carbocycles. The van der Waals surface area contributed by atoms with Gasteiger partial charge in [-0.15, -0.1) is 4.91 Å². The van der Waals surface area contributed by atoms with Crippen LogP contribution >= 0.6 is 0 Å². The first-order valence-corrected chi connectivity index (χ1v) is 10.4. The fraction of sp³-hybridized carbons (Fsp3) is 0.391. The standard InChI is InChI=1S/C16H13N3O4.C7H15N/c1-22-11-3-4-12(13(8-11)18-21)14-9-19-6-5-10(16(20)23-2)7-15(19)17-14;1-8-7-5-3-2-4-6-7/h3-9H,1-2H3;7-8H,2-6H2,1H3. The highest BCUT2D eigenvalue weighted by Crippen LogP contribution is 2.33. The van der Waals surface area contributed by atoms with Gasteiger partial charge < -0.3 is 19.2 Å². The summed E-state index contributed by atoms with van der Waals surface area (Å²) < 4.78 is 11.5. The molecule has 3 aromatic rings. The van der Waals surface area contributed by atoms with Gasteiger partial charge in [-0.1, -0.05) is 19.3 Å². The Labute approximate surface area is 181 Å². The van der Waals surface area contributed by atoms with Crippen molar-refractivity contribution in [3.63, 3.8) is 0 Å². The number of imidazole rings is 1. The zero-order valence-corrected chi connectivity index (χ0v) is 18.1. The number of ether oxygens (including phenoxy) is 2. The Hall–Kier alpha value is -3.26. The number of esters is 1. The molecule has 2 aromatic heterocycles. The van der Waals surface area contributed by atoms with E-state index in [2.05, 4.69) is 22.5 Å². The zero-order chi connectivity index (χ0) is 22.2. The Bertz CT molecular complexity index is 1040. The lowest BCUT2D eigenvalue weighted by atomic mass is 9.96. The van der Waals surface area contributed by atoms with E-state index in [0.717, 1.165) is 6.04 Å². The summed E-state index contributed by atoms with van der Waals surface area (Å²) in [7, 11) is 4.90. The lowest BCUT2D eigenvalue weighted by molar-refractivity contribution is 0.0600. The number of rotatable bonds is 5. The molecule has 0 spiro atoms. The number of nitrogens with zero attached hydrogens (tertiary/aromatic N) is 3. The van der Waals surface area contributed by atoms with Crippen molar-refractivity contribution in [2.45, 2.75) is 38.1 Å². The van der Waals surface area contributed by atoms with Gasteiger partial charge in [0.1, 0.15) is 17.1 Å². The number of carbonyl (C=O) groups is 1. The van der Waals surface area contributed by atoms with Crippen LogP contribution in [-0.4, -0.2) is 42.7 Å². The van der Waals surface area contributed by atoms with E-state index in [9.17, 15) is 9.70 Å². The largest absolute Gasteiger partial charge is 0.497 e. The van der Waals surface area contributed by atoms with Gasteiger partial charge in [0.25, 0.3) is 0 Å². The molecule has 1 N–H and O–H groups in total. The van der Waals surface area contributed by atoms with Crippen LogP contribution in [-0.2, 0) is 4.74 Å². The molecule has 4 rings (SSSR count). The third-order valence-corrected chi connectivity index (χ3v) is 5.47. The molecular weight excluding hydrogens is 396 g/mol. The van der Waals surface area contributed by atoms with Gasteiger partial charge in [0, 0.05) is 30.1 Å². The minimum atomic E-state index is -0.434.